The minimum absolute atomic E-state index is 0.0711. The van der Waals surface area contributed by atoms with Crippen molar-refractivity contribution >= 4 is 29.0 Å². The molecule has 0 bridgehead atoms. The van der Waals surface area contributed by atoms with Gasteiger partial charge in [0.2, 0.25) is 17.7 Å². The van der Waals surface area contributed by atoms with E-state index in [-0.39, 0.29) is 11.8 Å². The first-order chi connectivity index (χ1) is 17.5. The van der Waals surface area contributed by atoms with Gasteiger partial charge in [0, 0.05) is 49.1 Å². The van der Waals surface area contributed by atoms with Gasteiger partial charge < -0.3 is 15.4 Å². The van der Waals surface area contributed by atoms with E-state index in [2.05, 4.69) is 16.5 Å². The van der Waals surface area contributed by atoms with Crippen LogP contribution in [-0.2, 0) is 4.79 Å². The summed E-state index contributed by atoms with van der Waals surface area (Å²) >= 11 is 6.75. The third-order valence-corrected chi connectivity index (χ3v) is 7.20. The van der Waals surface area contributed by atoms with Gasteiger partial charge in [0.1, 0.15) is 11.6 Å². The topological polar surface area (TPSA) is 98.6 Å². The number of halogens is 1. The number of nitrogen functional groups attached to an aromatic ring is 1. The molecule has 1 unspecified atom stereocenters. The maximum absolute atomic E-state index is 12.1. The zero-order valence-electron chi connectivity index (χ0n) is 19.6. The molecule has 1 atom stereocenters. The van der Waals surface area contributed by atoms with Crippen LogP contribution in [0.15, 0.2) is 61.4 Å². The molecule has 1 amide bonds. The van der Waals surface area contributed by atoms with Crippen molar-refractivity contribution in [3.8, 4) is 23.0 Å². The first kappa shape index (κ1) is 22.5. The number of hydrogen-bond donors (Lipinski definition) is 1. The first-order valence-corrected chi connectivity index (χ1v) is 12.4. The normalized spacial score (nSPS) is 17.5. The summed E-state index contributed by atoms with van der Waals surface area (Å²) in [6.45, 7) is 4.84. The maximum Gasteiger partial charge on any atom is 0.245 e. The Morgan fingerprint density at radius 2 is 1.94 bits per heavy atom. The van der Waals surface area contributed by atoms with Crippen molar-refractivity contribution in [2.75, 3.05) is 18.8 Å². The molecule has 0 spiro atoms. The second-order valence-electron chi connectivity index (χ2n) is 9.26. The maximum atomic E-state index is 12.1. The van der Waals surface area contributed by atoms with Crippen LogP contribution in [0.25, 0.3) is 16.9 Å². The highest BCUT2D eigenvalue weighted by atomic mass is 35.5. The Morgan fingerprint density at radius 3 is 2.72 bits per heavy atom. The zero-order valence-corrected chi connectivity index (χ0v) is 20.4. The van der Waals surface area contributed by atoms with E-state index in [4.69, 9.17) is 27.1 Å². The number of amides is 1. The lowest BCUT2D eigenvalue weighted by Gasteiger charge is -2.13. The molecule has 2 aliphatic rings. The molecule has 4 heterocycles. The summed E-state index contributed by atoms with van der Waals surface area (Å²) < 4.78 is 7.82. The van der Waals surface area contributed by atoms with Gasteiger partial charge in [-0.3, -0.25) is 9.20 Å². The molecule has 1 saturated carbocycles. The summed E-state index contributed by atoms with van der Waals surface area (Å²) in [5.41, 5.74) is 9.98. The molecule has 2 N–H and O–H groups in total. The van der Waals surface area contributed by atoms with Gasteiger partial charge in [-0.05, 0) is 61.1 Å². The van der Waals surface area contributed by atoms with Gasteiger partial charge in [-0.25, -0.2) is 15.0 Å². The highest BCUT2D eigenvalue weighted by Gasteiger charge is 2.31. The van der Waals surface area contributed by atoms with Crippen molar-refractivity contribution in [2.24, 2.45) is 0 Å². The minimum atomic E-state index is -0.0711. The van der Waals surface area contributed by atoms with E-state index in [0.717, 1.165) is 17.6 Å². The largest absolute Gasteiger partial charge is 0.439 e. The number of likely N-dealkylation sites (tertiary alicyclic amines) is 1. The van der Waals surface area contributed by atoms with E-state index in [1.165, 1.54) is 24.5 Å². The van der Waals surface area contributed by atoms with Crippen molar-refractivity contribution in [2.45, 2.75) is 31.1 Å². The molecule has 1 aromatic carbocycles. The molecule has 3 aromatic heterocycles. The standard InChI is InChI=1S/C27H25ClN6O2/c1-2-24(35)33-12-9-18(15-33)25-22-8-11-31-27(29)34(22)26(32-25)20-6-5-19(14-21(20)28)36-23-13-17(7-10-30-23)16-3-4-16/h2,5-8,10-11,13-14,16,18H,1,3-4,9,12,15H2,(H2,29,31). The molecule has 4 aromatic rings. The van der Waals surface area contributed by atoms with Crippen molar-refractivity contribution in [3.05, 3.63) is 77.7 Å². The summed E-state index contributed by atoms with van der Waals surface area (Å²) in [7, 11) is 0. The third kappa shape index (κ3) is 4.07. The molecule has 2 fully saturated rings. The quantitative estimate of drug-likeness (QED) is 0.365. The smallest absolute Gasteiger partial charge is 0.245 e. The van der Waals surface area contributed by atoms with E-state index in [1.54, 1.807) is 23.4 Å². The van der Waals surface area contributed by atoms with E-state index < -0.39 is 0 Å². The number of nitrogens with two attached hydrogens (primary N) is 1. The van der Waals surface area contributed by atoms with Crippen LogP contribution >= 0.6 is 11.6 Å². The highest BCUT2D eigenvalue weighted by Crippen LogP contribution is 2.41. The molecule has 182 valence electrons. The fourth-order valence-corrected chi connectivity index (χ4v) is 5.15. The van der Waals surface area contributed by atoms with Gasteiger partial charge in [0.25, 0.3) is 0 Å². The lowest BCUT2D eigenvalue weighted by atomic mass is 10.0. The van der Waals surface area contributed by atoms with Crippen LogP contribution in [0.2, 0.25) is 5.02 Å². The van der Waals surface area contributed by atoms with Crippen LogP contribution in [0.5, 0.6) is 11.6 Å². The van der Waals surface area contributed by atoms with Crippen molar-refractivity contribution < 1.29 is 9.53 Å². The predicted octanol–water partition coefficient (Wildman–Crippen LogP) is 5.20. The number of carbonyl (C=O) groups is 1. The van der Waals surface area contributed by atoms with Crippen LogP contribution in [0.3, 0.4) is 0 Å². The summed E-state index contributed by atoms with van der Waals surface area (Å²) in [4.78, 5) is 27.5. The first-order valence-electron chi connectivity index (χ1n) is 12.0. The molecule has 9 heteroatoms. The second kappa shape index (κ2) is 8.95. The van der Waals surface area contributed by atoms with Gasteiger partial charge in [0.15, 0.2) is 0 Å². The van der Waals surface area contributed by atoms with E-state index >= 15 is 0 Å². The Bertz CT molecular complexity index is 1500. The molecule has 8 nitrogen and oxygen atoms in total. The van der Waals surface area contributed by atoms with Gasteiger partial charge in [-0.1, -0.05) is 18.2 Å². The number of carbonyl (C=O) groups excluding carboxylic acids is 1. The second-order valence-corrected chi connectivity index (χ2v) is 9.67. The number of fused-ring (bicyclic) bond motifs is 1. The lowest BCUT2D eigenvalue weighted by molar-refractivity contribution is -0.125. The van der Waals surface area contributed by atoms with E-state index in [9.17, 15) is 4.79 Å². The van der Waals surface area contributed by atoms with Crippen molar-refractivity contribution in [1.82, 2.24) is 24.3 Å². The number of hydrogen-bond acceptors (Lipinski definition) is 6. The van der Waals surface area contributed by atoms with Gasteiger partial charge in [-0.15, -0.1) is 0 Å². The van der Waals surface area contributed by atoms with Crippen molar-refractivity contribution in [3.63, 3.8) is 0 Å². The number of aromatic nitrogens is 4. The molecule has 36 heavy (non-hydrogen) atoms. The number of pyridine rings is 1. The van der Waals surface area contributed by atoms with Gasteiger partial charge >= 0.3 is 0 Å². The number of imidazole rings is 1. The Balaban J connectivity index is 1.34. The molecule has 1 aliphatic heterocycles. The average Bonchev–Trinajstić information content (AvgIpc) is 3.49. The Kier molecular flexibility index (Phi) is 5.60. The van der Waals surface area contributed by atoms with Crippen LogP contribution in [0, 0.1) is 0 Å². The highest BCUT2D eigenvalue weighted by molar-refractivity contribution is 6.33. The van der Waals surface area contributed by atoms with Crippen LogP contribution in [-0.4, -0.2) is 43.2 Å². The number of anilines is 1. The number of nitrogens with zero attached hydrogens (tertiary/aromatic N) is 5. The molecule has 0 radical (unpaired) electrons. The fraction of sp³-hybridized carbons (Fsp3) is 0.259. The number of benzene rings is 1. The van der Waals surface area contributed by atoms with Gasteiger partial charge in [0.05, 0.1) is 16.2 Å². The Labute approximate surface area is 213 Å². The molecular weight excluding hydrogens is 476 g/mol. The van der Waals surface area contributed by atoms with Crippen LogP contribution < -0.4 is 10.5 Å². The summed E-state index contributed by atoms with van der Waals surface area (Å²) in [6, 6.07) is 11.4. The average molecular weight is 501 g/mol. The van der Waals surface area contributed by atoms with Crippen molar-refractivity contribution in [1.29, 1.82) is 0 Å². The monoisotopic (exact) mass is 500 g/mol. The summed E-state index contributed by atoms with van der Waals surface area (Å²) in [5.74, 6) is 2.67. The Hall–Kier alpha value is -3.91. The van der Waals surface area contributed by atoms with Crippen LogP contribution in [0.4, 0.5) is 5.95 Å². The van der Waals surface area contributed by atoms with E-state index in [0.29, 0.717) is 53.0 Å². The summed E-state index contributed by atoms with van der Waals surface area (Å²) in [5, 5.41) is 0.474. The zero-order chi connectivity index (χ0) is 24.8. The predicted molar refractivity (Wildman–Crippen MR) is 138 cm³/mol. The van der Waals surface area contributed by atoms with Gasteiger partial charge in [-0.2, -0.15) is 0 Å². The SMILES string of the molecule is C=CC(=O)N1CCC(c2nc(-c3ccc(Oc4cc(C5CC5)ccn4)cc3Cl)n3c(N)nccc23)C1. The summed E-state index contributed by atoms with van der Waals surface area (Å²) in [6.07, 6.45) is 8.03. The molecular formula is C27H25ClN6O2. The number of ether oxygens (including phenoxy) is 1. The molecule has 1 aliphatic carbocycles. The Morgan fingerprint density at radius 1 is 1.11 bits per heavy atom. The number of rotatable bonds is 6. The third-order valence-electron chi connectivity index (χ3n) is 6.88. The van der Waals surface area contributed by atoms with Crippen LogP contribution in [0.1, 0.15) is 42.4 Å². The minimum Gasteiger partial charge on any atom is -0.439 e. The van der Waals surface area contributed by atoms with E-state index in [1.807, 2.05) is 34.7 Å². The fourth-order valence-electron chi connectivity index (χ4n) is 4.89. The lowest BCUT2D eigenvalue weighted by Crippen LogP contribution is -2.26. The molecule has 1 saturated heterocycles. The molecule has 6 rings (SSSR count).